The first-order valence-electron chi connectivity index (χ1n) is 10.7. The zero-order valence-corrected chi connectivity index (χ0v) is 20.0. The molecule has 3 heterocycles. The summed E-state index contributed by atoms with van der Waals surface area (Å²) >= 11 is 6.38. The Balaban J connectivity index is 1.63. The van der Waals surface area contributed by atoms with Crippen molar-refractivity contribution >= 4 is 34.1 Å². The average molecular weight is 532 g/mol. The molecule has 37 heavy (non-hydrogen) atoms. The Kier molecular flexibility index (Phi) is 6.03. The van der Waals surface area contributed by atoms with Gasteiger partial charge in [-0.2, -0.15) is 15.2 Å². The molecule has 11 nitrogen and oxygen atoms in total. The highest BCUT2D eigenvalue weighted by molar-refractivity contribution is 6.34. The topological polar surface area (TPSA) is 117 Å². The van der Waals surface area contributed by atoms with Gasteiger partial charge in [-0.25, -0.2) is 32.3 Å². The van der Waals surface area contributed by atoms with Crippen LogP contribution in [0.1, 0.15) is 11.4 Å². The van der Waals surface area contributed by atoms with Crippen LogP contribution in [0.4, 0.5) is 24.8 Å². The van der Waals surface area contributed by atoms with Gasteiger partial charge in [-0.05, 0) is 29.8 Å². The number of halogens is 4. The first-order valence-corrected chi connectivity index (χ1v) is 11.1. The maximum Gasteiger partial charge on any atom is 0.355 e. The van der Waals surface area contributed by atoms with Gasteiger partial charge in [0.1, 0.15) is 6.33 Å². The quantitative estimate of drug-likeness (QED) is 0.334. The molecule has 3 aromatic heterocycles. The Hall–Kier alpha value is -4.46. The highest BCUT2D eigenvalue weighted by atomic mass is 35.5. The molecular weight excluding hydrogens is 515 g/mol. The fraction of sp³-hybridized carbons (Fsp3) is 0.182. The van der Waals surface area contributed by atoms with Crippen molar-refractivity contribution in [2.45, 2.75) is 13.1 Å². The van der Waals surface area contributed by atoms with Crippen LogP contribution >= 0.6 is 11.6 Å². The van der Waals surface area contributed by atoms with Crippen molar-refractivity contribution in [1.82, 2.24) is 38.7 Å². The number of fused-ring (bicyclic) bond motifs is 1. The van der Waals surface area contributed by atoms with Gasteiger partial charge in [0, 0.05) is 25.7 Å². The number of nitrogens with one attached hydrogen (secondary N) is 1. The van der Waals surface area contributed by atoms with Crippen LogP contribution in [0.15, 0.2) is 46.4 Å². The Morgan fingerprint density at radius 1 is 0.946 bits per heavy atom. The fourth-order valence-corrected chi connectivity index (χ4v) is 3.97. The van der Waals surface area contributed by atoms with Crippen LogP contribution in [-0.2, 0) is 27.2 Å². The van der Waals surface area contributed by atoms with Crippen LogP contribution in [0, 0.1) is 17.5 Å². The molecule has 15 heteroatoms. The molecule has 0 aliphatic heterocycles. The molecule has 0 saturated heterocycles. The minimum absolute atomic E-state index is 0.0849. The first kappa shape index (κ1) is 24.2. The highest BCUT2D eigenvalue weighted by Gasteiger charge is 2.19. The van der Waals surface area contributed by atoms with E-state index in [1.165, 1.54) is 11.0 Å². The number of aryl methyl sites for hydroxylation is 2. The molecule has 0 atom stereocenters. The van der Waals surface area contributed by atoms with E-state index in [0.29, 0.717) is 16.6 Å². The normalized spacial score (nSPS) is 11.4. The van der Waals surface area contributed by atoms with Gasteiger partial charge in [0.05, 0.1) is 29.3 Å². The van der Waals surface area contributed by atoms with Gasteiger partial charge >= 0.3 is 11.4 Å². The van der Waals surface area contributed by atoms with E-state index in [1.54, 1.807) is 37.1 Å². The van der Waals surface area contributed by atoms with Gasteiger partial charge in [-0.3, -0.25) is 13.9 Å². The summed E-state index contributed by atoms with van der Waals surface area (Å²) in [5, 5.41) is 12.1. The van der Waals surface area contributed by atoms with Crippen molar-refractivity contribution in [3.05, 3.63) is 91.6 Å². The van der Waals surface area contributed by atoms with E-state index in [-0.39, 0.29) is 28.9 Å². The lowest BCUT2D eigenvalue weighted by molar-refractivity contribution is 0.444. The van der Waals surface area contributed by atoms with Gasteiger partial charge < -0.3 is 5.32 Å². The fourth-order valence-electron chi connectivity index (χ4n) is 3.77. The smallest absolute Gasteiger partial charge is 0.324 e. The Morgan fingerprint density at radius 3 is 2.35 bits per heavy atom. The largest absolute Gasteiger partial charge is 0.355 e. The highest BCUT2D eigenvalue weighted by Crippen LogP contribution is 2.29. The minimum Gasteiger partial charge on any atom is -0.324 e. The summed E-state index contributed by atoms with van der Waals surface area (Å²) in [7, 11) is 3.35. The third kappa shape index (κ3) is 4.70. The molecule has 0 fully saturated rings. The zero-order valence-electron chi connectivity index (χ0n) is 19.3. The van der Waals surface area contributed by atoms with Crippen molar-refractivity contribution < 1.29 is 13.2 Å². The maximum absolute atomic E-state index is 13.9. The van der Waals surface area contributed by atoms with Crippen molar-refractivity contribution in [3.63, 3.8) is 0 Å². The van der Waals surface area contributed by atoms with Crippen LogP contribution in [0.25, 0.3) is 10.9 Å². The maximum atomic E-state index is 13.9. The van der Waals surface area contributed by atoms with Crippen molar-refractivity contribution in [2.75, 3.05) is 5.32 Å². The molecule has 0 bridgehead atoms. The van der Waals surface area contributed by atoms with Crippen LogP contribution in [0.5, 0.6) is 0 Å². The Morgan fingerprint density at radius 2 is 1.68 bits per heavy atom. The van der Waals surface area contributed by atoms with Gasteiger partial charge in [0.25, 0.3) is 0 Å². The number of aromatic nitrogens is 8. The summed E-state index contributed by atoms with van der Waals surface area (Å²) in [5.41, 5.74) is -0.981. The van der Waals surface area contributed by atoms with Crippen molar-refractivity contribution in [2.24, 2.45) is 14.1 Å². The molecule has 5 aromatic rings. The molecular formula is C22H17ClF3N9O2. The van der Waals surface area contributed by atoms with E-state index in [0.717, 1.165) is 21.3 Å². The lowest BCUT2D eigenvalue weighted by Crippen LogP contribution is -2.43. The monoisotopic (exact) mass is 531 g/mol. The number of nitrogens with zero attached hydrogens (tertiary/aromatic N) is 8. The van der Waals surface area contributed by atoms with E-state index >= 15 is 0 Å². The number of hydrogen-bond acceptors (Lipinski definition) is 7. The molecule has 0 aliphatic carbocycles. The minimum atomic E-state index is -1.64. The second-order valence-electron chi connectivity index (χ2n) is 8.20. The number of benzene rings is 2. The van der Waals surface area contributed by atoms with E-state index < -0.39 is 35.4 Å². The Labute approximate surface area is 210 Å². The predicted octanol–water partition coefficient (Wildman–Crippen LogP) is 2.33. The van der Waals surface area contributed by atoms with Gasteiger partial charge in [-0.1, -0.05) is 11.6 Å². The predicted molar refractivity (Wildman–Crippen MR) is 127 cm³/mol. The molecule has 0 saturated carbocycles. The standard InChI is InChI=1S/C22H17ClF3N9O2/c1-32-8-12-5-17(13(23)6-16(12)30-32)28-20-29-21(36)35(9-18-27-10-33(2)31-18)22(37)34(20)7-11-3-14(24)19(26)15(25)4-11/h3-6,8,10H,7,9H2,1-2H3,(H,28,29,36). The van der Waals surface area contributed by atoms with E-state index in [9.17, 15) is 22.8 Å². The van der Waals surface area contributed by atoms with Crippen molar-refractivity contribution in [1.29, 1.82) is 0 Å². The van der Waals surface area contributed by atoms with Gasteiger partial charge in [0.15, 0.2) is 23.3 Å². The van der Waals surface area contributed by atoms with Crippen LogP contribution in [-0.4, -0.2) is 38.7 Å². The zero-order chi connectivity index (χ0) is 26.4. The van der Waals surface area contributed by atoms with Crippen LogP contribution < -0.4 is 16.7 Å². The number of hydrogen-bond donors (Lipinski definition) is 1. The number of anilines is 2. The molecule has 0 aliphatic rings. The van der Waals surface area contributed by atoms with E-state index in [4.69, 9.17) is 11.6 Å². The molecule has 190 valence electrons. The molecule has 0 spiro atoms. The second-order valence-corrected chi connectivity index (χ2v) is 8.61. The van der Waals surface area contributed by atoms with Gasteiger partial charge in [0.2, 0.25) is 5.95 Å². The van der Waals surface area contributed by atoms with Crippen LogP contribution in [0.3, 0.4) is 0 Å². The third-order valence-corrected chi connectivity index (χ3v) is 5.75. The molecule has 5 rings (SSSR count). The Bertz CT molecular complexity index is 1770. The van der Waals surface area contributed by atoms with E-state index in [1.807, 2.05) is 0 Å². The molecule has 2 aromatic carbocycles. The SMILES string of the molecule is Cn1cnc(Cn2c(=O)nc(Nc3cc4cn(C)nc4cc3Cl)n(Cc3cc(F)c(F)c(F)c3)c2=O)n1. The lowest BCUT2D eigenvalue weighted by atomic mass is 10.2. The summed E-state index contributed by atoms with van der Waals surface area (Å²) in [6.45, 7) is -0.759. The summed E-state index contributed by atoms with van der Waals surface area (Å²) in [5.74, 6) is -4.59. The summed E-state index contributed by atoms with van der Waals surface area (Å²) < 4.78 is 46.0. The molecule has 0 radical (unpaired) electrons. The lowest BCUT2D eigenvalue weighted by Gasteiger charge is -2.16. The third-order valence-electron chi connectivity index (χ3n) is 5.43. The summed E-state index contributed by atoms with van der Waals surface area (Å²) in [6.07, 6.45) is 3.13. The molecule has 0 unspecified atom stereocenters. The summed E-state index contributed by atoms with van der Waals surface area (Å²) in [4.78, 5) is 34.3. The summed E-state index contributed by atoms with van der Waals surface area (Å²) in [6, 6.07) is 4.72. The van der Waals surface area contributed by atoms with E-state index in [2.05, 4.69) is 25.5 Å². The average Bonchev–Trinajstić information content (AvgIpc) is 3.41. The van der Waals surface area contributed by atoms with Crippen molar-refractivity contribution in [3.8, 4) is 0 Å². The first-order chi connectivity index (χ1) is 17.6. The molecule has 0 amide bonds. The number of rotatable bonds is 6. The molecule has 1 N–H and O–H groups in total. The van der Waals surface area contributed by atoms with Crippen LogP contribution in [0.2, 0.25) is 5.02 Å². The second kappa shape index (κ2) is 9.20. The van der Waals surface area contributed by atoms with Gasteiger partial charge in [-0.15, -0.1) is 0 Å².